The Balaban J connectivity index is 1.50. The molecule has 1 atom stereocenters. The van der Waals surface area contributed by atoms with Crippen LogP contribution in [0.4, 0.5) is 0 Å². The lowest BCUT2D eigenvalue weighted by atomic mass is 9.96. The van der Waals surface area contributed by atoms with Gasteiger partial charge in [0.1, 0.15) is 0 Å². The molecule has 0 spiro atoms. The molecule has 1 aromatic heterocycles. The molecule has 1 aromatic carbocycles. The van der Waals surface area contributed by atoms with Crippen molar-refractivity contribution in [3.05, 3.63) is 35.0 Å². The molecule has 2 aromatic rings. The topological polar surface area (TPSA) is 34.3 Å². The van der Waals surface area contributed by atoms with Crippen LogP contribution in [0.15, 0.2) is 18.2 Å². The lowest BCUT2D eigenvalue weighted by Gasteiger charge is -2.34. The normalized spacial score (nSPS) is 23.3. The number of aromatic amines is 1. The predicted octanol–water partition coefficient (Wildman–Crippen LogP) is 2.30. The van der Waals surface area contributed by atoms with Gasteiger partial charge in [0.15, 0.2) is 0 Å². The van der Waals surface area contributed by atoms with Crippen LogP contribution < -0.4 is 5.32 Å². The first-order valence-electron chi connectivity index (χ1n) is 8.96. The zero-order valence-corrected chi connectivity index (χ0v) is 14.4. The number of benzene rings is 1. The standard InChI is InChI=1S/C19H28N4/c1-14-3-4-17-16(13-14)15-5-7-20-18(19(15)21-17)6-8-23-11-9-22(2)10-12-23/h3-4,13,18,20-21H,5-12H2,1-2H3/t18-/m1/s1. The van der Waals surface area contributed by atoms with Crippen LogP contribution in [-0.4, -0.2) is 61.1 Å². The Labute approximate surface area is 138 Å². The third-order valence-corrected chi connectivity index (χ3v) is 5.54. The average molecular weight is 312 g/mol. The van der Waals surface area contributed by atoms with Crippen molar-refractivity contribution in [1.29, 1.82) is 0 Å². The van der Waals surface area contributed by atoms with Crippen molar-refractivity contribution in [2.45, 2.75) is 25.8 Å². The number of rotatable bonds is 3. The highest BCUT2D eigenvalue weighted by Gasteiger charge is 2.24. The van der Waals surface area contributed by atoms with Crippen molar-refractivity contribution in [3.63, 3.8) is 0 Å². The number of aromatic nitrogens is 1. The van der Waals surface area contributed by atoms with Gasteiger partial charge in [0, 0.05) is 55.4 Å². The lowest BCUT2D eigenvalue weighted by molar-refractivity contribution is 0.148. The Bertz CT molecular complexity index is 682. The number of nitrogens with one attached hydrogen (secondary N) is 2. The van der Waals surface area contributed by atoms with Crippen LogP contribution in [0.3, 0.4) is 0 Å². The average Bonchev–Trinajstić information content (AvgIpc) is 2.93. The number of piperazine rings is 1. The second-order valence-electron chi connectivity index (χ2n) is 7.26. The van der Waals surface area contributed by atoms with Gasteiger partial charge in [0.05, 0.1) is 0 Å². The smallest absolute Gasteiger partial charge is 0.0488 e. The molecule has 0 amide bonds. The van der Waals surface area contributed by atoms with Gasteiger partial charge in [0.25, 0.3) is 0 Å². The first-order chi connectivity index (χ1) is 11.2. The van der Waals surface area contributed by atoms with E-state index in [1.165, 1.54) is 61.3 Å². The second kappa shape index (κ2) is 6.27. The number of hydrogen-bond donors (Lipinski definition) is 2. The highest BCUT2D eigenvalue weighted by molar-refractivity contribution is 5.85. The zero-order chi connectivity index (χ0) is 15.8. The maximum absolute atomic E-state index is 3.73. The molecular formula is C19H28N4. The van der Waals surface area contributed by atoms with Crippen LogP contribution in [0, 0.1) is 6.92 Å². The van der Waals surface area contributed by atoms with E-state index in [9.17, 15) is 0 Å². The zero-order valence-electron chi connectivity index (χ0n) is 14.4. The van der Waals surface area contributed by atoms with Crippen molar-refractivity contribution in [3.8, 4) is 0 Å². The molecule has 23 heavy (non-hydrogen) atoms. The first-order valence-corrected chi connectivity index (χ1v) is 8.96. The Morgan fingerprint density at radius 2 is 2.00 bits per heavy atom. The van der Waals surface area contributed by atoms with E-state index in [4.69, 9.17) is 0 Å². The molecule has 124 valence electrons. The Morgan fingerprint density at radius 1 is 1.17 bits per heavy atom. The summed E-state index contributed by atoms with van der Waals surface area (Å²) in [7, 11) is 2.22. The molecule has 4 heteroatoms. The Hall–Kier alpha value is -1.36. The van der Waals surface area contributed by atoms with Gasteiger partial charge < -0.3 is 20.1 Å². The summed E-state index contributed by atoms with van der Waals surface area (Å²) in [5.41, 5.74) is 5.64. The molecule has 2 N–H and O–H groups in total. The minimum absolute atomic E-state index is 0.478. The highest BCUT2D eigenvalue weighted by Crippen LogP contribution is 2.32. The summed E-state index contributed by atoms with van der Waals surface area (Å²) < 4.78 is 0. The number of aryl methyl sites for hydroxylation is 1. The summed E-state index contributed by atoms with van der Waals surface area (Å²) in [6.07, 6.45) is 2.34. The summed E-state index contributed by atoms with van der Waals surface area (Å²) >= 11 is 0. The van der Waals surface area contributed by atoms with E-state index in [1.807, 2.05) is 0 Å². The minimum atomic E-state index is 0.478. The Kier molecular flexibility index (Phi) is 4.14. The van der Waals surface area contributed by atoms with E-state index in [0.29, 0.717) is 6.04 Å². The Morgan fingerprint density at radius 3 is 2.83 bits per heavy atom. The molecule has 4 rings (SSSR count). The van der Waals surface area contributed by atoms with Crippen LogP contribution in [0.2, 0.25) is 0 Å². The molecule has 1 saturated heterocycles. The van der Waals surface area contributed by atoms with Crippen molar-refractivity contribution < 1.29 is 0 Å². The molecule has 2 aliphatic rings. The molecule has 3 heterocycles. The van der Waals surface area contributed by atoms with Gasteiger partial charge in [-0.05, 0) is 51.1 Å². The minimum Gasteiger partial charge on any atom is -0.357 e. The van der Waals surface area contributed by atoms with Crippen LogP contribution in [0.1, 0.15) is 29.3 Å². The first kappa shape index (κ1) is 15.2. The number of hydrogen-bond acceptors (Lipinski definition) is 3. The van der Waals surface area contributed by atoms with E-state index >= 15 is 0 Å². The van der Waals surface area contributed by atoms with Gasteiger partial charge in [0.2, 0.25) is 0 Å². The third-order valence-electron chi connectivity index (χ3n) is 5.54. The number of nitrogens with zero attached hydrogens (tertiary/aromatic N) is 2. The van der Waals surface area contributed by atoms with E-state index in [-0.39, 0.29) is 0 Å². The monoisotopic (exact) mass is 312 g/mol. The number of likely N-dealkylation sites (N-methyl/N-ethyl adjacent to an activating group) is 1. The largest absolute Gasteiger partial charge is 0.357 e. The van der Waals surface area contributed by atoms with E-state index in [2.05, 4.69) is 52.3 Å². The number of fused-ring (bicyclic) bond motifs is 3. The molecule has 0 aliphatic carbocycles. The quantitative estimate of drug-likeness (QED) is 0.913. The van der Waals surface area contributed by atoms with Crippen molar-refractivity contribution >= 4 is 10.9 Å². The lowest BCUT2D eigenvalue weighted by Crippen LogP contribution is -2.45. The van der Waals surface area contributed by atoms with Crippen LogP contribution >= 0.6 is 0 Å². The second-order valence-corrected chi connectivity index (χ2v) is 7.26. The molecular weight excluding hydrogens is 284 g/mol. The fourth-order valence-corrected chi connectivity index (χ4v) is 4.05. The molecule has 2 aliphatic heterocycles. The van der Waals surface area contributed by atoms with Crippen LogP contribution in [-0.2, 0) is 6.42 Å². The fraction of sp³-hybridized carbons (Fsp3) is 0.579. The van der Waals surface area contributed by atoms with E-state index in [1.54, 1.807) is 5.56 Å². The van der Waals surface area contributed by atoms with Gasteiger partial charge >= 0.3 is 0 Å². The van der Waals surface area contributed by atoms with Crippen molar-refractivity contribution in [2.24, 2.45) is 0 Å². The van der Waals surface area contributed by atoms with Crippen molar-refractivity contribution in [1.82, 2.24) is 20.1 Å². The summed E-state index contributed by atoms with van der Waals surface area (Å²) in [6.45, 7) is 9.30. The van der Waals surface area contributed by atoms with Crippen LogP contribution in [0.25, 0.3) is 10.9 Å². The molecule has 1 fully saturated rings. The number of H-pyrrole nitrogens is 1. The third kappa shape index (κ3) is 3.03. The van der Waals surface area contributed by atoms with Gasteiger partial charge in [-0.2, -0.15) is 0 Å². The van der Waals surface area contributed by atoms with Gasteiger partial charge in [-0.3, -0.25) is 0 Å². The van der Waals surface area contributed by atoms with Crippen LogP contribution in [0.5, 0.6) is 0 Å². The highest BCUT2D eigenvalue weighted by atomic mass is 15.2. The van der Waals surface area contributed by atoms with Crippen molar-refractivity contribution in [2.75, 3.05) is 46.3 Å². The molecule has 0 saturated carbocycles. The molecule has 4 nitrogen and oxygen atoms in total. The predicted molar refractivity (Wildman–Crippen MR) is 96.0 cm³/mol. The molecule has 0 bridgehead atoms. The summed E-state index contributed by atoms with van der Waals surface area (Å²) in [6, 6.07) is 7.26. The molecule has 0 unspecified atom stereocenters. The fourth-order valence-electron chi connectivity index (χ4n) is 4.05. The SMILES string of the molecule is Cc1ccc2[nH]c3c(c2c1)CCN[C@@H]3CCN1CCN(C)CC1. The molecule has 0 radical (unpaired) electrons. The van der Waals surface area contributed by atoms with Gasteiger partial charge in [-0.1, -0.05) is 11.6 Å². The van der Waals surface area contributed by atoms with Gasteiger partial charge in [-0.15, -0.1) is 0 Å². The summed E-state index contributed by atoms with van der Waals surface area (Å²) in [5, 5.41) is 5.17. The maximum atomic E-state index is 3.73. The van der Waals surface area contributed by atoms with Gasteiger partial charge in [-0.25, -0.2) is 0 Å². The summed E-state index contributed by atoms with van der Waals surface area (Å²) in [5.74, 6) is 0. The summed E-state index contributed by atoms with van der Waals surface area (Å²) in [4.78, 5) is 8.74. The van der Waals surface area contributed by atoms with E-state index in [0.717, 1.165) is 13.0 Å². The van der Waals surface area contributed by atoms with E-state index < -0.39 is 0 Å². The maximum Gasteiger partial charge on any atom is 0.0488 e.